The van der Waals surface area contributed by atoms with Gasteiger partial charge in [-0.15, -0.1) is 0 Å². The summed E-state index contributed by atoms with van der Waals surface area (Å²) in [5, 5.41) is 3.65. The lowest BCUT2D eigenvalue weighted by molar-refractivity contribution is -0.122. The predicted octanol–water partition coefficient (Wildman–Crippen LogP) is 6.28. The fraction of sp³-hybridized carbons (Fsp3) is 0.312. The molecule has 1 N–H and O–H groups in total. The molecule has 0 spiro atoms. The molecule has 0 atom stereocenters. The summed E-state index contributed by atoms with van der Waals surface area (Å²) in [4.78, 5) is 31.9. The highest BCUT2D eigenvalue weighted by Gasteiger charge is 2.30. The minimum Gasteiger partial charge on any atom is -0.355 e. The van der Waals surface area contributed by atoms with Crippen molar-refractivity contribution in [1.29, 1.82) is 0 Å². The zero-order chi connectivity index (χ0) is 27.0. The Bertz CT molecular complexity index is 1320. The molecule has 2 heterocycles. The Morgan fingerprint density at radius 2 is 1.77 bits per heavy atom. The molecule has 5 nitrogen and oxygen atoms in total. The molecule has 0 saturated carbocycles. The van der Waals surface area contributed by atoms with E-state index in [9.17, 15) is 9.59 Å². The minimum absolute atomic E-state index is 0.00578. The molecular weight excluding hydrogens is 526 g/mol. The highest BCUT2D eigenvalue weighted by atomic mass is 35.5. The van der Waals surface area contributed by atoms with Crippen LogP contribution in [0.4, 0.5) is 5.69 Å². The van der Waals surface area contributed by atoms with Gasteiger partial charge < -0.3 is 10.2 Å². The monoisotopic (exact) mass is 559 g/mol. The number of piperidine rings is 1. The Morgan fingerprint density at radius 3 is 2.56 bits per heavy atom. The van der Waals surface area contributed by atoms with Crippen LogP contribution >= 0.6 is 23.4 Å². The fourth-order valence-electron chi connectivity index (χ4n) is 5.26. The number of carbonyl (C=O) groups excluding carboxylic acids is 2. The standard InChI is InChI=1S/C32H34ClN3O2S/c33-27-11-6-10-26(21-27)22-30-32(38)36(28-12-4-5-13-29(28)39-30)23-31(37)34-16-7-17-35-18-14-25(15-19-35)20-24-8-2-1-3-9-24/h1-6,8-13,21-22,25H,7,14-20,23H2,(H,34,37)/b30-22+. The molecule has 39 heavy (non-hydrogen) atoms. The number of hydrogen-bond acceptors (Lipinski definition) is 4. The molecule has 1 saturated heterocycles. The van der Waals surface area contributed by atoms with Gasteiger partial charge in [-0.2, -0.15) is 0 Å². The van der Waals surface area contributed by atoms with Crippen LogP contribution in [-0.4, -0.2) is 49.4 Å². The maximum atomic E-state index is 13.4. The molecule has 3 aromatic carbocycles. The molecule has 0 unspecified atom stereocenters. The van der Waals surface area contributed by atoms with Crippen LogP contribution in [0, 0.1) is 5.92 Å². The number of nitrogens with one attached hydrogen (secondary N) is 1. The molecule has 1 fully saturated rings. The lowest BCUT2D eigenvalue weighted by Crippen LogP contribution is -2.43. The highest BCUT2D eigenvalue weighted by Crippen LogP contribution is 2.42. The third kappa shape index (κ3) is 7.53. The summed E-state index contributed by atoms with van der Waals surface area (Å²) >= 11 is 7.56. The van der Waals surface area contributed by atoms with Gasteiger partial charge >= 0.3 is 0 Å². The molecule has 2 aliphatic rings. The van der Waals surface area contributed by atoms with Crippen LogP contribution in [-0.2, 0) is 16.0 Å². The zero-order valence-electron chi connectivity index (χ0n) is 22.0. The number of rotatable bonds is 9. The average Bonchev–Trinajstić information content (AvgIpc) is 2.95. The number of hydrogen-bond donors (Lipinski definition) is 1. The smallest absolute Gasteiger partial charge is 0.265 e. The molecular formula is C32H34ClN3O2S. The molecule has 3 aromatic rings. The van der Waals surface area contributed by atoms with E-state index in [1.165, 1.54) is 30.2 Å². The second-order valence-electron chi connectivity index (χ2n) is 10.2. The molecule has 0 aromatic heterocycles. The molecule has 5 rings (SSSR count). The molecule has 0 bridgehead atoms. The van der Waals surface area contributed by atoms with E-state index in [0.29, 0.717) is 16.5 Å². The van der Waals surface area contributed by atoms with Gasteiger partial charge in [-0.1, -0.05) is 78.0 Å². The number of halogens is 1. The normalized spacial score (nSPS) is 17.3. The number of fused-ring (bicyclic) bond motifs is 1. The Labute approximate surface area is 240 Å². The van der Waals surface area contributed by atoms with Crippen molar-refractivity contribution in [2.75, 3.05) is 37.6 Å². The summed E-state index contributed by atoms with van der Waals surface area (Å²) in [6, 6.07) is 25.9. The second kappa shape index (κ2) is 13.3. The Morgan fingerprint density at radius 1 is 1.00 bits per heavy atom. The number of thioether (sulfide) groups is 1. The lowest BCUT2D eigenvalue weighted by atomic mass is 9.90. The zero-order valence-corrected chi connectivity index (χ0v) is 23.6. The van der Waals surface area contributed by atoms with E-state index >= 15 is 0 Å². The van der Waals surface area contributed by atoms with Gasteiger partial charge in [-0.05, 0) is 92.7 Å². The molecule has 2 amide bonds. The maximum Gasteiger partial charge on any atom is 0.265 e. The molecule has 7 heteroatoms. The molecule has 0 radical (unpaired) electrons. The van der Waals surface area contributed by atoms with E-state index in [2.05, 4.69) is 40.5 Å². The first-order valence-corrected chi connectivity index (χ1v) is 14.8. The number of anilines is 1. The fourth-order valence-corrected chi connectivity index (χ4v) is 6.52. The topological polar surface area (TPSA) is 52.7 Å². The summed E-state index contributed by atoms with van der Waals surface area (Å²) in [5.41, 5.74) is 3.05. The van der Waals surface area contributed by atoms with Crippen molar-refractivity contribution in [2.24, 2.45) is 5.92 Å². The number of benzene rings is 3. The van der Waals surface area contributed by atoms with Crippen molar-refractivity contribution in [3.05, 3.63) is 99.9 Å². The third-order valence-corrected chi connectivity index (χ3v) is 8.64. The predicted molar refractivity (Wildman–Crippen MR) is 161 cm³/mol. The molecule has 202 valence electrons. The van der Waals surface area contributed by atoms with E-state index in [0.717, 1.165) is 54.5 Å². The van der Waals surface area contributed by atoms with Crippen molar-refractivity contribution in [2.45, 2.75) is 30.6 Å². The summed E-state index contributed by atoms with van der Waals surface area (Å²) in [5.74, 6) is 0.435. The van der Waals surface area contributed by atoms with Crippen molar-refractivity contribution in [3.63, 3.8) is 0 Å². The average molecular weight is 560 g/mol. The van der Waals surface area contributed by atoms with Crippen LogP contribution in [0.15, 0.2) is 88.7 Å². The molecule has 2 aliphatic heterocycles. The van der Waals surface area contributed by atoms with E-state index in [1.54, 1.807) is 11.0 Å². The van der Waals surface area contributed by atoms with E-state index in [4.69, 9.17) is 11.6 Å². The first-order chi connectivity index (χ1) is 19.0. The first-order valence-electron chi connectivity index (χ1n) is 13.6. The van der Waals surface area contributed by atoms with E-state index < -0.39 is 0 Å². The number of amides is 2. The van der Waals surface area contributed by atoms with Crippen molar-refractivity contribution in [1.82, 2.24) is 10.2 Å². The second-order valence-corrected chi connectivity index (χ2v) is 11.7. The SMILES string of the molecule is O=C(CN1C(=O)/C(=C\c2cccc(Cl)c2)Sc2ccccc21)NCCCN1CCC(Cc2ccccc2)CC1. The van der Waals surface area contributed by atoms with Crippen molar-refractivity contribution >= 4 is 46.9 Å². The van der Waals surface area contributed by atoms with Gasteiger partial charge in [0.05, 0.1) is 10.6 Å². The van der Waals surface area contributed by atoms with Gasteiger partial charge in [0.2, 0.25) is 5.91 Å². The van der Waals surface area contributed by atoms with Crippen LogP contribution < -0.4 is 10.2 Å². The molecule has 0 aliphatic carbocycles. The quantitative estimate of drug-likeness (QED) is 0.248. The first kappa shape index (κ1) is 27.5. The Balaban J connectivity index is 1.10. The van der Waals surface area contributed by atoms with Crippen molar-refractivity contribution in [3.8, 4) is 0 Å². The van der Waals surface area contributed by atoms with Crippen LogP contribution in [0.5, 0.6) is 0 Å². The van der Waals surface area contributed by atoms with Crippen molar-refractivity contribution < 1.29 is 9.59 Å². The summed E-state index contributed by atoms with van der Waals surface area (Å²) in [6.45, 7) is 3.81. The van der Waals surface area contributed by atoms with Crippen LogP contribution in [0.1, 0.15) is 30.4 Å². The van der Waals surface area contributed by atoms with E-state index in [1.807, 2.05) is 48.5 Å². The van der Waals surface area contributed by atoms with Gasteiger partial charge in [0.15, 0.2) is 0 Å². The number of carbonyl (C=O) groups is 2. The van der Waals surface area contributed by atoms with Gasteiger partial charge in [0, 0.05) is 16.5 Å². The van der Waals surface area contributed by atoms with Crippen LogP contribution in [0.25, 0.3) is 6.08 Å². The number of likely N-dealkylation sites (tertiary alicyclic amines) is 1. The van der Waals surface area contributed by atoms with Gasteiger partial charge in [-0.25, -0.2) is 0 Å². The third-order valence-electron chi connectivity index (χ3n) is 7.33. The van der Waals surface area contributed by atoms with Gasteiger partial charge in [0.1, 0.15) is 6.54 Å². The lowest BCUT2D eigenvalue weighted by Gasteiger charge is -2.32. The largest absolute Gasteiger partial charge is 0.355 e. The summed E-state index contributed by atoms with van der Waals surface area (Å²) in [6.07, 6.45) is 6.34. The maximum absolute atomic E-state index is 13.4. The summed E-state index contributed by atoms with van der Waals surface area (Å²) < 4.78 is 0. The Kier molecular flexibility index (Phi) is 9.40. The van der Waals surface area contributed by atoms with Gasteiger partial charge in [0.25, 0.3) is 5.91 Å². The number of nitrogens with zero attached hydrogens (tertiary/aromatic N) is 2. The van der Waals surface area contributed by atoms with Gasteiger partial charge in [-0.3, -0.25) is 14.5 Å². The summed E-state index contributed by atoms with van der Waals surface area (Å²) in [7, 11) is 0. The van der Waals surface area contributed by atoms with Crippen LogP contribution in [0.3, 0.4) is 0 Å². The van der Waals surface area contributed by atoms with E-state index in [-0.39, 0.29) is 18.4 Å². The minimum atomic E-state index is -0.174. The van der Waals surface area contributed by atoms with Crippen LogP contribution in [0.2, 0.25) is 5.02 Å². The Hall–Kier alpha value is -3.06. The highest BCUT2D eigenvalue weighted by molar-refractivity contribution is 8.04. The number of para-hydroxylation sites is 1.